The molecule has 7 heteroatoms. The fraction of sp³-hybridized carbons (Fsp3) is 0.111. The molecular weight excluding hydrogens is 470 g/mol. The maximum absolute atomic E-state index is 12.5. The van der Waals surface area contributed by atoms with Crippen LogP contribution in [0, 0.1) is 0 Å². The second kappa shape index (κ2) is 10.5. The first-order valence-corrected chi connectivity index (χ1v) is 11.9. The smallest absolute Gasteiger partial charge is 0.412 e. The monoisotopic (exact) mass is 491 g/mol. The number of thiophene rings is 1. The quantitative estimate of drug-likeness (QED) is 0.278. The third kappa shape index (κ3) is 5.65. The highest BCUT2D eigenvalue weighted by Gasteiger charge is 2.16. The van der Waals surface area contributed by atoms with Crippen LogP contribution < -0.4 is 5.32 Å². The Kier molecular flexibility index (Phi) is 7.30. The number of aliphatic carboxylic acids is 1. The summed E-state index contributed by atoms with van der Waals surface area (Å²) in [5.74, 6) is -0.848. The van der Waals surface area contributed by atoms with Crippen LogP contribution >= 0.6 is 22.9 Å². The average molecular weight is 492 g/mol. The van der Waals surface area contributed by atoms with Gasteiger partial charge >= 0.3 is 12.1 Å². The van der Waals surface area contributed by atoms with Crippen molar-refractivity contribution in [2.24, 2.45) is 0 Å². The van der Waals surface area contributed by atoms with Crippen LogP contribution in [-0.2, 0) is 16.0 Å². The lowest BCUT2D eigenvalue weighted by molar-refractivity contribution is -0.136. The Balaban J connectivity index is 1.44. The van der Waals surface area contributed by atoms with Crippen LogP contribution in [0.15, 0.2) is 84.2 Å². The molecule has 0 saturated heterocycles. The number of hydrogen-bond donors (Lipinski definition) is 2. The Bertz CT molecular complexity index is 1300. The van der Waals surface area contributed by atoms with Crippen molar-refractivity contribution >= 4 is 40.0 Å². The lowest BCUT2D eigenvalue weighted by Gasteiger charge is -2.15. The maximum atomic E-state index is 12.5. The van der Waals surface area contributed by atoms with Crippen LogP contribution in [0.5, 0.6) is 0 Å². The molecule has 4 rings (SSSR count). The molecule has 4 aromatic rings. The van der Waals surface area contributed by atoms with E-state index in [2.05, 4.69) is 5.32 Å². The molecule has 2 N–H and O–H groups in total. The van der Waals surface area contributed by atoms with Crippen molar-refractivity contribution in [3.63, 3.8) is 0 Å². The molecule has 0 aliphatic carbocycles. The van der Waals surface area contributed by atoms with Crippen LogP contribution in [0.25, 0.3) is 22.3 Å². The lowest BCUT2D eigenvalue weighted by atomic mass is 10.00. The zero-order valence-electron chi connectivity index (χ0n) is 18.3. The van der Waals surface area contributed by atoms with Crippen molar-refractivity contribution in [3.8, 4) is 22.3 Å². The van der Waals surface area contributed by atoms with Gasteiger partial charge in [0.05, 0.1) is 6.42 Å². The topological polar surface area (TPSA) is 75.6 Å². The molecule has 0 fully saturated rings. The van der Waals surface area contributed by atoms with Gasteiger partial charge in [-0.05, 0) is 46.7 Å². The molecule has 1 unspecified atom stereocenters. The van der Waals surface area contributed by atoms with Crippen LogP contribution in [0.2, 0.25) is 5.02 Å². The SMILES string of the molecule is CC(OC(=O)Nc1sccc1-c1ccc(-c2ccc(CC(=O)O)cc2)cc1)c1ccccc1Cl. The summed E-state index contributed by atoms with van der Waals surface area (Å²) in [4.78, 5) is 23.4. The molecule has 3 aromatic carbocycles. The number of ether oxygens (including phenoxy) is 1. The van der Waals surface area contributed by atoms with Gasteiger partial charge in [0.15, 0.2) is 0 Å². The predicted molar refractivity (Wildman–Crippen MR) is 137 cm³/mol. The first kappa shape index (κ1) is 23.5. The molecule has 172 valence electrons. The van der Waals surface area contributed by atoms with Gasteiger partial charge in [-0.2, -0.15) is 0 Å². The first-order chi connectivity index (χ1) is 16.4. The van der Waals surface area contributed by atoms with E-state index in [0.717, 1.165) is 33.4 Å². The second-order valence-electron chi connectivity index (χ2n) is 7.70. The summed E-state index contributed by atoms with van der Waals surface area (Å²) in [6.07, 6.45) is -1.03. The van der Waals surface area contributed by atoms with E-state index < -0.39 is 18.2 Å². The van der Waals surface area contributed by atoms with Gasteiger partial charge in [0, 0.05) is 16.1 Å². The van der Waals surface area contributed by atoms with Crippen molar-refractivity contribution < 1.29 is 19.4 Å². The molecule has 0 aliphatic heterocycles. The minimum Gasteiger partial charge on any atom is -0.481 e. The number of nitrogens with one attached hydrogen (secondary N) is 1. The normalized spacial score (nSPS) is 11.6. The number of carbonyl (C=O) groups excluding carboxylic acids is 1. The van der Waals surface area contributed by atoms with Crippen molar-refractivity contribution in [2.75, 3.05) is 5.32 Å². The van der Waals surface area contributed by atoms with E-state index in [1.165, 1.54) is 11.3 Å². The van der Waals surface area contributed by atoms with Crippen LogP contribution in [0.3, 0.4) is 0 Å². The fourth-order valence-electron chi connectivity index (χ4n) is 3.62. The van der Waals surface area contributed by atoms with E-state index in [4.69, 9.17) is 21.4 Å². The zero-order valence-corrected chi connectivity index (χ0v) is 19.9. The highest BCUT2D eigenvalue weighted by molar-refractivity contribution is 7.15. The second-order valence-corrected chi connectivity index (χ2v) is 9.03. The minimum atomic E-state index is -0.848. The number of rotatable bonds is 7. The Labute approximate surface area is 206 Å². The standard InChI is InChI=1S/C27H22ClNO4S/c1-17(22-4-2-3-5-24(22)28)33-27(32)29-26-23(14-15-34-26)21-12-10-20(11-13-21)19-8-6-18(7-9-19)16-25(30)31/h2-15,17H,16H2,1H3,(H,29,32)(H,30,31). The molecule has 1 atom stereocenters. The van der Waals surface area contributed by atoms with Crippen molar-refractivity contribution in [1.29, 1.82) is 0 Å². The summed E-state index contributed by atoms with van der Waals surface area (Å²) < 4.78 is 5.53. The van der Waals surface area contributed by atoms with Gasteiger partial charge in [0.25, 0.3) is 0 Å². The largest absolute Gasteiger partial charge is 0.481 e. The maximum Gasteiger partial charge on any atom is 0.412 e. The first-order valence-electron chi connectivity index (χ1n) is 10.6. The van der Waals surface area contributed by atoms with Gasteiger partial charge in [-0.15, -0.1) is 11.3 Å². The summed E-state index contributed by atoms with van der Waals surface area (Å²) in [5, 5.41) is 14.9. The number of amides is 1. The summed E-state index contributed by atoms with van der Waals surface area (Å²) in [5.41, 5.74) is 5.39. The molecule has 0 radical (unpaired) electrons. The fourth-order valence-corrected chi connectivity index (χ4v) is 4.70. The lowest BCUT2D eigenvalue weighted by Crippen LogP contribution is -2.16. The molecule has 1 heterocycles. The highest BCUT2D eigenvalue weighted by Crippen LogP contribution is 2.35. The van der Waals surface area contributed by atoms with Crippen molar-refractivity contribution in [2.45, 2.75) is 19.4 Å². The number of benzene rings is 3. The zero-order chi connectivity index (χ0) is 24.1. The Morgan fingerprint density at radius 1 is 0.941 bits per heavy atom. The van der Waals surface area contributed by atoms with E-state index in [-0.39, 0.29) is 6.42 Å². The summed E-state index contributed by atoms with van der Waals surface area (Å²) in [6, 6.07) is 24.7. The predicted octanol–water partition coefficient (Wildman–Crippen LogP) is 7.67. The average Bonchev–Trinajstić information content (AvgIpc) is 3.27. The Morgan fingerprint density at radius 3 is 2.21 bits per heavy atom. The third-order valence-corrected chi connectivity index (χ3v) is 6.52. The molecule has 0 bridgehead atoms. The van der Waals surface area contributed by atoms with E-state index in [0.29, 0.717) is 10.0 Å². The number of carbonyl (C=O) groups is 2. The van der Waals surface area contributed by atoms with Gasteiger partial charge in [0.1, 0.15) is 11.1 Å². The van der Waals surface area contributed by atoms with E-state index in [1.54, 1.807) is 13.0 Å². The van der Waals surface area contributed by atoms with Gasteiger partial charge in [0.2, 0.25) is 0 Å². The minimum absolute atomic E-state index is 0.00670. The number of carboxylic acid groups (broad SMARTS) is 1. The molecule has 0 aliphatic rings. The summed E-state index contributed by atoms with van der Waals surface area (Å²) in [6.45, 7) is 1.78. The highest BCUT2D eigenvalue weighted by atomic mass is 35.5. The van der Waals surface area contributed by atoms with Crippen LogP contribution in [-0.4, -0.2) is 17.2 Å². The van der Waals surface area contributed by atoms with Gasteiger partial charge < -0.3 is 9.84 Å². The molecule has 1 aromatic heterocycles. The molecule has 34 heavy (non-hydrogen) atoms. The molecule has 1 amide bonds. The van der Waals surface area contributed by atoms with E-state index in [1.807, 2.05) is 78.2 Å². The third-order valence-electron chi connectivity index (χ3n) is 5.35. The Morgan fingerprint density at radius 2 is 1.56 bits per heavy atom. The number of anilines is 1. The van der Waals surface area contributed by atoms with Crippen LogP contribution in [0.1, 0.15) is 24.2 Å². The van der Waals surface area contributed by atoms with Crippen molar-refractivity contribution in [3.05, 3.63) is 100 Å². The molecule has 0 saturated carbocycles. The van der Waals surface area contributed by atoms with Crippen molar-refractivity contribution in [1.82, 2.24) is 0 Å². The number of halogens is 1. The van der Waals surface area contributed by atoms with Gasteiger partial charge in [-0.1, -0.05) is 78.3 Å². The number of carboxylic acids is 1. The molecule has 0 spiro atoms. The molecular formula is C27H22ClNO4S. The van der Waals surface area contributed by atoms with Gasteiger partial charge in [-0.25, -0.2) is 4.79 Å². The van der Waals surface area contributed by atoms with E-state index in [9.17, 15) is 9.59 Å². The van der Waals surface area contributed by atoms with E-state index >= 15 is 0 Å². The Hall–Kier alpha value is -3.61. The van der Waals surface area contributed by atoms with Crippen LogP contribution in [0.4, 0.5) is 9.80 Å². The summed E-state index contributed by atoms with van der Waals surface area (Å²) in [7, 11) is 0. The molecule has 5 nitrogen and oxygen atoms in total. The summed E-state index contributed by atoms with van der Waals surface area (Å²) >= 11 is 7.62. The number of hydrogen-bond acceptors (Lipinski definition) is 4. The van der Waals surface area contributed by atoms with Gasteiger partial charge in [-0.3, -0.25) is 10.1 Å².